The lowest BCUT2D eigenvalue weighted by molar-refractivity contribution is -0.118. The molecule has 1 aromatic carbocycles. The smallest absolute Gasteiger partial charge is 0.238 e. The molecular formula is C15H20FN3O. The van der Waals surface area contributed by atoms with Gasteiger partial charge in [-0.05, 0) is 50.0 Å². The maximum Gasteiger partial charge on any atom is 0.238 e. The molecule has 0 radical (unpaired) electrons. The van der Waals surface area contributed by atoms with Crippen LogP contribution in [0.1, 0.15) is 12.8 Å². The van der Waals surface area contributed by atoms with Gasteiger partial charge in [-0.1, -0.05) is 6.07 Å². The molecule has 0 saturated carbocycles. The van der Waals surface area contributed by atoms with Crippen molar-refractivity contribution in [1.82, 2.24) is 10.2 Å². The van der Waals surface area contributed by atoms with E-state index >= 15 is 0 Å². The first-order chi connectivity index (χ1) is 9.72. The lowest BCUT2D eigenvalue weighted by Crippen LogP contribution is -2.48. The lowest BCUT2D eigenvalue weighted by Gasteiger charge is -2.36. The van der Waals surface area contributed by atoms with Crippen LogP contribution in [0.5, 0.6) is 0 Å². The fourth-order valence-corrected chi connectivity index (χ4v) is 3.31. The van der Waals surface area contributed by atoms with Crippen molar-refractivity contribution in [2.24, 2.45) is 5.92 Å². The van der Waals surface area contributed by atoms with Crippen molar-refractivity contribution >= 4 is 11.6 Å². The SMILES string of the molecule is O=C(CN1CCCC2CNCC21)Nc1cccc(F)c1. The molecule has 3 rings (SSSR count). The number of nitrogens with one attached hydrogen (secondary N) is 2. The van der Waals surface area contributed by atoms with Crippen LogP contribution in [0.4, 0.5) is 10.1 Å². The molecule has 2 N–H and O–H groups in total. The normalized spacial score (nSPS) is 26.2. The maximum absolute atomic E-state index is 13.1. The van der Waals surface area contributed by atoms with Gasteiger partial charge < -0.3 is 10.6 Å². The van der Waals surface area contributed by atoms with Crippen molar-refractivity contribution in [3.05, 3.63) is 30.1 Å². The molecule has 1 aromatic rings. The zero-order chi connectivity index (χ0) is 13.9. The Morgan fingerprint density at radius 2 is 2.35 bits per heavy atom. The van der Waals surface area contributed by atoms with Crippen molar-refractivity contribution < 1.29 is 9.18 Å². The third kappa shape index (κ3) is 2.99. The quantitative estimate of drug-likeness (QED) is 0.879. The van der Waals surface area contributed by atoms with Gasteiger partial charge in [-0.3, -0.25) is 9.69 Å². The molecule has 2 saturated heterocycles. The van der Waals surface area contributed by atoms with E-state index < -0.39 is 0 Å². The number of anilines is 1. The maximum atomic E-state index is 13.1. The highest BCUT2D eigenvalue weighted by Crippen LogP contribution is 2.26. The summed E-state index contributed by atoms with van der Waals surface area (Å²) in [5.74, 6) is 0.273. The molecule has 2 aliphatic heterocycles. The Bertz CT molecular complexity index is 494. The summed E-state index contributed by atoms with van der Waals surface area (Å²) in [6.07, 6.45) is 2.40. The van der Waals surface area contributed by atoms with Crippen molar-refractivity contribution in [2.45, 2.75) is 18.9 Å². The first-order valence-electron chi connectivity index (χ1n) is 7.22. The Kier molecular flexibility index (Phi) is 3.98. The van der Waals surface area contributed by atoms with Crippen LogP contribution in [0.25, 0.3) is 0 Å². The van der Waals surface area contributed by atoms with Crippen LogP contribution in [-0.4, -0.2) is 43.0 Å². The van der Waals surface area contributed by atoms with E-state index in [1.54, 1.807) is 12.1 Å². The predicted octanol–water partition coefficient (Wildman–Crippen LogP) is 1.45. The Morgan fingerprint density at radius 3 is 3.20 bits per heavy atom. The van der Waals surface area contributed by atoms with Gasteiger partial charge in [0.05, 0.1) is 6.54 Å². The molecule has 1 amide bonds. The summed E-state index contributed by atoms with van der Waals surface area (Å²) in [4.78, 5) is 14.3. The van der Waals surface area contributed by atoms with Crippen LogP contribution in [0, 0.1) is 11.7 Å². The van der Waals surface area contributed by atoms with Crippen LogP contribution in [0.2, 0.25) is 0 Å². The number of hydrogen-bond donors (Lipinski definition) is 2. The van der Waals surface area contributed by atoms with E-state index in [2.05, 4.69) is 15.5 Å². The highest BCUT2D eigenvalue weighted by molar-refractivity contribution is 5.92. The Hall–Kier alpha value is -1.46. The number of likely N-dealkylation sites (tertiary alicyclic amines) is 1. The zero-order valence-electron chi connectivity index (χ0n) is 11.4. The highest BCUT2D eigenvalue weighted by atomic mass is 19.1. The molecular weight excluding hydrogens is 257 g/mol. The van der Waals surface area contributed by atoms with E-state index in [1.807, 2.05) is 0 Å². The van der Waals surface area contributed by atoms with Gasteiger partial charge in [0.15, 0.2) is 0 Å². The largest absolute Gasteiger partial charge is 0.325 e. The van der Waals surface area contributed by atoms with E-state index in [-0.39, 0.29) is 11.7 Å². The third-order valence-electron chi connectivity index (χ3n) is 4.25. The fraction of sp³-hybridized carbons (Fsp3) is 0.533. The van der Waals surface area contributed by atoms with Crippen LogP contribution in [-0.2, 0) is 4.79 Å². The van der Waals surface area contributed by atoms with Gasteiger partial charge in [-0.2, -0.15) is 0 Å². The molecule has 4 nitrogen and oxygen atoms in total. The Morgan fingerprint density at radius 1 is 1.45 bits per heavy atom. The van der Waals surface area contributed by atoms with Gasteiger partial charge in [0, 0.05) is 18.3 Å². The summed E-state index contributed by atoms with van der Waals surface area (Å²) in [5.41, 5.74) is 0.521. The van der Waals surface area contributed by atoms with E-state index in [9.17, 15) is 9.18 Å². The summed E-state index contributed by atoms with van der Waals surface area (Å²) in [6, 6.07) is 6.49. The molecule has 5 heteroatoms. The molecule has 0 spiro atoms. The number of hydrogen-bond acceptors (Lipinski definition) is 3. The standard InChI is InChI=1S/C15H20FN3O/c16-12-4-1-5-13(7-12)18-15(20)10-19-6-2-3-11-8-17-9-14(11)19/h1,4-5,7,11,14,17H,2-3,6,8-10H2,(H,18,20). The minimum absolute atomic E-state index is 0.0665. The van der Waals surface area contributed by atoms with Gasteiger partial charge in [0.25, 0.3) is 0 Å². The van der Waals surface area contributed by atoms with Gasteiger partial charge in [0.2, 0.25) is 5.91 Å². The molecule has 0 bridgehead atoms. The Labute approximate surface area is 118 Å². The topological polar surface area (TPSA) is 44.4 Å². The van der Waals surface area contributed by atoms with Gasteiger partial charge in [-0.25, -0.2) is 4.39 Å². The molecule has 2 atom stereocenters. The van der Waals surface area contributed by atoms with E-state index in [4.69, 9.17) is 0 Å². The number of amides is 1. The molecule has 2 aliphatic rings. The number of nitrogens with zero attached hydrogens (tertiary/aromatic N) is 1. The summed E-state index contributed by atoms with van der Waals surface area (Å²) in [7, 11) is 0. The second-order valence-electron chi connectivity index (χ2n) is 5.66. The van der Waals surface area contributed by atoms with Gasteiger partial charge in [-0.15, -0.1) is 0 Å². The highest BCUT2D eigenvalue weighted by Gasteiger charge is 2.35. The van der Waals surface area contributed by atoms with Gasteiger partial charge >= 0.3 is 0 Å². The second-order valence-corrected chi connectivity index (χ2v) is 5.66. The number of carbonyl (C=O) groups is 1. The molecule has 108 valence electrons. The monoisotopic (exact) mass is 277 g/mol. The second kappa shape index (κ2) is 5.89. The van der Waals surface area contributed by atoms with Crippen LogP contribution in [0.15, 0.2) is 24.3 Å². The summed E-state index contributed by atoms with van der Waals surface area (Å²) in [6.45, 7) is 3.39. The first-order valence-corrected chi connectivity index (χ1v) is 7.22. The minimum Gasteiger partial charge on any atom is -0.325 e. The fourth-order valence-electron chi connectivity index (χ4n) is 3.31. The van der Waals surface area contributed by atoms with Crippen LogP contribution >= 0.6 is 0 Å². The van der Waals surface area contributed by atoms with E-state index in [1.165, 1.54) is 18.6 Å². The Balaban J connectivity index is 1.58. The van der Waals surface area contributed by atoms with Crippen LogP contribution < -0.4 is 10.6 Å². The molecule has 2 fully saturated rings. The van der Waals surface area contributed by atoms with E-state index in [0.29, 0.717) is 24.2 Å². The van der Waals surface area contributed by atoms with E-state index in [0.717, 1.165) is 26.1 Å². The first kappa shape index (κ1) is 13.5. The average molecular weight is 277 g/mol. The number of benzene rings is 1. The van der Waals surface area contributed by atoms with Gasteiger partial charge in [0.1, 0.15) is 5.82 Å². The average Bonchev–Trinajstić information content (AvgIpc) is 2.88. The predicted molar refractivity (Wildman–Crippen MR) is 76.0 cm³/mol. The molecule has 0 aromatic heterocycles. The van der Waals surface area contributed by atoms with Crippen molar-refractivity contribution in [2.75, 3.05) is 31.5 Å². The number of carbonyl (C=O) groups excluding carboxylic acids is 1. The number of piperidine rings is 1. The van der Waals surface area contributed by atoms with Crippen LogP contribution in [0.3, 0.4) is 0 Å². The summed E-state index contributed by atoms with van der Waals surface area (Å²) < 4.78 is 13.1. The molecule has 2 unspecified atom stereocenters. The van der Waals surface area contributed by atoms with Crippen molar-refractivity contribution in [3.63, 3.8) is 0 Å². The summed E-state index contributed by atoms with van der Waals surface area (Å²) in [5, 5.41) is 6.17. The number of rotatable bonds is 3. The lowest BCUT2D eigenvalue weighted by atomic mass is 9.92. The third-order valence-corrected chi connectivity index (χ3v) is 4.25. The number of halogens is 1. The van der Waals surface area contributed by atoms with Crippen molar-refractivity contribution in [1.29, 1.82) is 0 Å². The zero-order valence-corrected chi connectivity index (χ0v) is 11.4. The minimum atomic E-state index is -0.333. The molecule has 2 heterocycles. The summed E-state index contributed by atoms with van der Waals surface area (Å²) >= 11 is 0. The molecule has 20 heavy (non-hydrogen) atoms. The molecule has 0 aliphatic carbocycles. The number of fused-ring (bicyclic) bond motifs is 1. The van der Waals surface area contributed by atoms with Crippen molar-refractivity contribution in [3.8, 4) is 0 Å².